The van der Waals surface area contributed by atoms with E-state index in [2.05, 4.69) is 0 Å². The minimum absolute atomic E-state index is 0.273. The monoisotopic (exact) mass is 305 g/mol. The first-order valence-corrected chi connectivity index (χ1v) is 6.70. The number of carbonyl (C=O) groups excluding carboxylic acids is 2. The first-order valence-electron chi connectivity index (χ1n) is 5.94. The molecule has 0 atom stereocenters. The number of carbonyl (C=O) groups is 2. The van der Waals surface area contributed by atoms with Gasteiger partial charge in [0.25, 0.3) is 11.8 Å². The average molecular weight is 306 g/mol. The van der Waals surface area contributed by atoms with Crippen LogP contribution in [0.5, 0.6) is 0 Å². The molecule has 0 saturated carbocycles. The minimum atomic E-state index is -0.366. The Morgan fingerprint density at radius 2 is 1.45 bits per heavy atom. The summed E-state index contributed by atoms with van der Waals surface area (Å²) in [6.45, 7) is 1.79. The van der Waals surface area contributed by atoms with E-state index in [0.717, 1.165) is 10.5 Å². The molecule has 0 spiro atoms. The van der Waals surface area contributed by atoms with Crippen molar-refractivity contribution in [2.75, 3.05) is 4.90 Å². The van der Waals surface area contributed by atoms with Crippen LogP contribution in [0.2, 0.25) is 10.0 Å². The van der Waals surface area contributed by atoms with Crippen LogP contribution in [0, 0.1) is 6.92 Å². The molecule has 3 nitrogen and oxygen atoms in total. The van der Waals surface area contributed by atoms with Gasteiger partial charge in [0.05, 0.1) is 21.8 Å². The summed E-state index contributed by atoms with van der Waals surface area (Å²) in [5.74, 6) is -0.733. The number of anilines is 1. The van der Waals surface area contributed by atoms with E-state index in [4.69, 9.17) is 23.2 Å². The van der Waals surface area contributed by atoms with Gasteiger partial charge in [-0.05, 0) is 36.8 Å². The second-order valence-electron chi connectivity index (χ2n) is 4.54. The standard InChI is InChI=1S/C15H9Cl2NO2/c1-8-6-13(12(17)7-11(8)16)18-14(19)9-4-2-3-5-10(9)15(18)20/h2-7H,1H3. The Balaban J connectivity index is 2.17. The molecule has 0 aliphatic carbocycles. The van der Waals surface area contributed by atoms with E-state index < -0.39 is 0 Å². The Kier molecular flexibility index (Phi) is 3.04. The van der Waals surface area contributed by atoms with Crippen molar-refractivity contribution >= 4 is 40.7 Å². The van der Waals surface area contributed by atoms with Gasteiger partial charge < -0.3 is 0 Å². The topological polar surface area (TPSA) is 37.4 Å². The van der Waals surface area contributed by atoms with E-state index in [0.29, 0.717) is 21.8 Å². The lowest BCUT2D eigenvalue weighted by atomic mass is 10.1. The molecule has 100 valence electrons. The zero-order chi connectivity index (χ0) is 14.4. The van der Waals surface area contributed by atoms with E-state index in [1.165, 1.54) is 6.07 Å². The SMILES string of the molecule is Cc1cc(N2C(=O)c3ccccc3C2=O)c(Cl)cc1Cl. The Bertz CT molecular complexity index is 721. The fraction of sp³-hybridized carbons (Fsp3) is 0.0667. The molecule has 0 bridgehead atoms. The number of rotatable bonds is 1. The predicted octanol–water partition coefficient (Wildman–Crippen LogP) is 4.10. The van der Waals surface area contributed by atoms with Crippen molar-refractivity contribution in [3.05, 3.63) is 63.1 Å². The first kappa shape index (κ1) is 13.2. The smallest absolute Gasteiger partial charge is 0.266 e. The predicted molar refractivity (Wildman–Crippen MR) is 78.8 cm³/mol. The van der Waals surface area contributed by atoms with Crippen LogP contribution in [0.25, 0.3) is 0 Å². The normalized spacial score (nSPS) is 13.8. The number of amides is 2. The van der Waals surface area contributed by atoms with Gasteiger partial charge in [0.15, 0.2) is 0 Å². The fourth-order valence-corrected chi connectivity index (χ4v) is 2.69. The molecule has 1 aliphatic heterocycles. The molecule has 2 aromatic rings. The molecule has 20 heavy (non-hydrogen) atoms. The number of fused-ring (bicyclic) bond motifs is 1. The fourth-order valence-electron chi connectivity index (χ4n) is 2.22. The summed E-state index contributed by atoms with van der Waals surface area (Å²) in [6, 6.07) is 9.90. The number of imide groups is 1. The van der Waals surface area contributed by atoms with Crippen LogP contribution < -0.4 is 4.90 Å². The van der Waals surface area contributed by atoms with Crippen LogP contribution in [-0.2, 0) is 0 Å². The zero-order valence-corrected chi connectivity index (χ0v) is 12.0. The molecule has 1 heterocycles. The number of nitrogens with zero attached hydrogens (tertiary/aromatic N) is 1. The molecule has 3 rings (SSSR count). The molecule has 2 amide bonds. The number of hydrogen-bond donors (Lipinski definition) is 0. The van der Waals surface area contributed by atoms with E-state index in [1.807, 2.05) is 0 Å². The van der Waals surface area contributed by atoms with E-state index in [-0.39, 0.29) is 16.8 Å². The molecule has 0 N–H and O–H groups in total. The Hall–Kier alpha value is -1.84. The first-order chi connectivity index (χ1) is 9.50. The van der Waals surface area contributed by atoms with Crippen LogP contribution in [-0.4, -0.2) is 11.8 Å². The third kappa shape index (κ3) is 1.82. The summed E-state index contributed by atoms with van der Waals surface area (Å²) in [5.41, 5.74) is 1.89. The Morgan fingerprint density at radius 3 is 2.00 bits per heavy atom. The highest BCUT2D eigenvalue weighted by atomic mass is 35.5. The van der Waals surface area contributed by atoms with Gasteiger partial charge in [-0.1, -0.05) is 35.3 Å². The number of aryl methyl sites for hydroxylation is 1. The van der Waals surface area contributed by atoms with Crippen LogP contribution in [0.3, 0.4) is 0 Å². The molecule has 0 radical (unpaired) electrons. The second kappa shape index (κ2) is 4.62. The van der Waals surface area contributed by atoms with Crippen LogP contribution in [0.4, 0.5) is 5.69 Å². The second-order valence-corrected chi connectivity index (χ2v) is 5.36. The molecular weight excluding hydrogens is 297 g/mol. The molecule has 0 fully saturated rings. The maximum atomic E-state index is 12.4. The van der Waals surface area contributed by atoms with Crippen molar-refractivity contribution in [2.45, 2.75) is 6.92 Å². The number of benzene rings is 2. The zero-order valence-electron chi connectivity index (χ0n) is 10.5. The van der Waals surface area contributed by atoms with Crippen molar-refractivity contribution in [1.82, 2.24) is 0 Å². The summed E-state index contributed by atoms with van der Waals surface area (Å²) in [5, 5.41) is 0.769. The molecule has 0 aromatic heterocycles. The van der Waals surface area contributed by atoms with Crippen molar-refractivity contribution in [1.29, 1.82) is 0 Å². The van der Waals surface area contributed by atoms with E-state index >= 15 is 0 Å². The molecule has 0 saturated heterocycles. The van der Waals surface area contributed by atoms with Crippen LogP contribution >= 0.6 is 23.2 Å². The summed E-state index contributed by atoms with van der Waals surface area (Å²) < 4.78 is 0. The molecule has 2 aromatic carbocycles. The molecule has 5 heteroatoms. The average Bonchev–Trinajstić information content (AvgIpc) is 2.68. The highest BCUT2D eigenvalue weighted by Crippen LogP contribution is 2.36. The summed E-state index contributed by atoms with van der Waals surface area (Å²) in [6.07, 6.45) is 0. The largest absolute Gasteiger partial charge is 0.268 e. The van der Waals surface area contributed by atoms with Gasteiger partial charge in [-0.15, -0.1) is 0 Å². The van der Waals surface area contributed by atoms with E-state index in [1.54, 1.807) is 37.3 Å². The van der Waals surface area contributed by atoms with Crippen molar-refractivity contribution < 1.29 is 9.59 Å². The lowest BCUT2D eigenvalue weighted by Crippen LogP contribution is -2.29. The van der Waals surface area contributed by atoms with Gasteiger partial charge >= 0.3 is 0 Å². The maximum Gasteiger partial charge on any atom is 0.266 e. The summed E-state index contributed by atoms with van der Waals surface area (Å²) in [7, 11) is 0. The lowest BCUT2D eigenvalue weighted by molar-refractivity contribution is 0.0926. The van der Waals surface area contributed by atoms with Gasteiger partial charge in [0.1, 0.15) is 0 Å². The van der Waals surface area contributed by atoms with Gasteiger partial charge in [-0.3, -0.25) is 9.59 Å². The van der Waals surface area contributed by atoms with Gasteiger partial charge in [0.2, 0.25) is 0 Å². The lowest BCUT2D eigenvalue weighted by Gasteiger charge is -2.16. The van der Waals surface area contributed by atoms with Crippen LogP contribution in [0.1, 0.15) is 26.3 Å². The van der Waals surface area contributed by atoms with E-state index in [9.17, 15) is 9.59 Å². The Morgan fingerprint density at radius 1 is 0.900 bits per heavy atom. The summed E-state index contributed by atoms with van der Waals surface area (Å²) in [4.78, 5) is 25.8. The van der Waals surface area contributed by atoms with Gasteiger partial charge in [-0.2, -0.15) is 0 Å². The Labute approximate surface area is 125 Å². The third-order valence-electron chi connectivity index (χ3n) is 3.26. The van der Waals surface area contributed by atoms with Gasteiger partial charge in [-0.25, -0.2) is 4.90 Å². The summed E-state index contributed by atoms with van der Waals surface area (Å²) >= 11 is 12.1. The molecule has 0 unspecified atom stereocenters. The van der Waals surface area contributed by atoms with Crippen molar-refractivity contribution in [2.24, 2.45) is 0 Å². The number of halogens is 2. The third-order valence-corrected chi connectivity index (χ3v) is 3.97. The quantitative estimate of drug-likeness (QED) is 0.744. The molecular formula is C15H9Cl2NO2. The van der Waals surface area contributed by atoms with Crippen LogP contribution in [0.15, 0.2) is 36.4 Å². The minimum Gasteiger partial charge on any atom is -0.268 e. The maximum absolute atomic E-state index is 12.4. The van der Waals surface area contributed by atoms with Crippen molar-refractivity contribution in [3.63, 3.8) is 0 Å². The highest BCUT2D eigenvalue weighted by molar-refractivity contribution is 6.41. The molecule has 1 aliphatic rings. The van der Waals surface area contributed by atoms with Gasteiger partial charge in [0, 0.05) is 5.02 Å². The highest BCUT2D eigenvalue weighted by Gasteiger charge is 2.37. The number of hydrogen-bond acceptors (Lipinski definition) is 2. The van der Waals surface area contributed by atoms with Crippen molar-refractivity contribution in [3.8, 4) is 0 Å².